The van der Waals surface area contributed by atoms with Gasteiger partial charge >= 0.3 is 0 Å². The van der Waals surface area contributed by atoms with Crippen molar-refractivity contribution in [1.82, 2.24) is 0 Å². The van der Waals surface area contributed by atoms with E-state index in [0.29, 0.717) is 0 Å². The van der Waals surface area contributed by atoms with Gasteiger partial charge < -0.3 is 0 Å². The minimum atomic E-state index is -4.24. The predicted octanol–water partition coefficient (Wildman–Crippen LogP) is 13.4. The van der Waals surface area contributed by atoms with Gasteiger partial charge in [-0.15, -0.1) is 0 Å². The Morgan fingerprint density at radius 2 is 0.818 bits per heavy atom. The summed E-state index contributed by atoms with van der Waals surface area (Å²) in [4.78, 5) is 0.0486. The first kappa shape index (κ1) is 38.8. The molecule has 0 heterocycles. The molecule has 0 fully saturated rings. The maximum absolute atomic E-state index is 12.2. The van der Waals surface area contributed by atoms with E-state index < -0.39 is 10.1 Å². The van der Waals surface area contributed by atoms with E-state index >= 15 is 0 Å². The molecule has 0 saturated carbocycles. The summed E-state index contributed by atoms with van der Waals surface area (Å²) < 4.78 is 34.3. The second-order valence-electron chi connectivity index (χ2n) is 13.6. The van der Waals surface area contributed by atoms with Gasteiger partial charge in [-0.25, -0.2) is 0 Å². The number of fused-ring (bicyclic) bond motifs is 1. The lowest BCUT2D eigenvalue weighted by atomic mass is 9.94. The molecular weight excluding hydrogens is 561 g/mol. The monoisotopic (exact) mass is 628 g/mol. The van der Waals surface area contributed by atoms with E-state index in [1.165, 1.54) is 160 Å². The van der Waals surface area contributed by atoms with Crippen LogP contribution in [-0.4, -0.2) is 13.0 Å². The fraction of sp³-hybridized carbons (Fsp3) is 0.750. The molecule has 0 aliphatic carbocycles. The van der Waals surface area contributed by atoms with E-state index in [4.69, 9.17) is 0 Å². The second kappa shape index (κ2) is 24.8. The van der Waals surface area contributed by atoms with Crippen LogP contribution >= 0.6 is 0 Å². The van der Waals surface area contributed by atoms with E-state index in [0.717, 1.165) is 42.0 Å². The third-order valence-electron chi connectivity index (χ3n) is 9.54. The van der Waals surface area contributed by atoms with E-state index in [1.807, 2.05) is 0 Å². The van der Waals surface area contributed by atoms with Gasteiger partial charge in [0.05, 0.1) is 4.90 Å². The van der Waals surface area contributed by atoms with Crippen molar-refractivity contribution >= 4 is 20.9 Å². The summed E-state index contributed by atoms with van der Waals surface area (Å²) in [5.41, 5.74) is 2.27. The first-order valence-corrected chi connectivity index (χ1v) is 20.4. The second-order valence-corrected chi connectivity index (χ2v) is 15.0. The van der Waals surface area contributed by atoms with Crippen LogP contribution in [0.25, 0.3) is 10.8 Å². The van der Waals surface area contributed by atoms with Crippen molar-refractivity contribution < 1.29 is 13.0 Å². The molecule has 0 aliphatic rings. The highest BCUT2D eigenvalue weighted by Gasteiger charge is 2.15. The van der Waals surface area contributed by atoms with Crippen LogP contribution in [0.15, 0.2) is 35.2 Å². The van der Waals surface area contributed by atoms with E-state index in [2.05, 4.69) is 32.0 Å². The molecule has 3 nitrogen and oxygen atoms in total. The molecule has 2 aromatic rings. The molecule has 0 radical (unpaired) electrons. The predicted molar refractivity (Wildman–Crippen MR) is 193 cm³/mol. The summed E-state index contributed by atoms with van der Waals surface area (Å²) in [5.74, 6) is 0. The Hall–Kier alpha value is -1.39. The molecule has 2 aromatic carbocycles. The molecular formula is C40H68O3S. The van der Waals surface area contributed by atoms with Crippen molar-refractivity contribution in [2.75, 3.05) is 0 Å². The first-order valence-electron chi connectivity index (χ1n) is 19.0. The molecule has 0 bridgehead atoms. The average molecular weight is 629 g/mol. The third kappa shape index (κ3) is 17.3. The van der Waals surface area contributed by atoms with Crippen LogP contribution in [0, 0.1) is 0 Å². The number of hydrogen-bond acceptors (Lipinski definition) is 2. The summed E-state index contributed by atoms with van der Waals surface area (Å²) in [6.45, 7) is 4.55. The van der Waals surface area contributed by atoms with Gasteiger partial charge in [0.25, 0.3) is 10.1 Å². The highest BCUT2D eigenvalue weighted by molar-refractivity contribution is 7.85. The lowest BCUT2D eigenvalue weighted by molar-refractivity contribution is 0.483. The van der Waals surface area contributed by atoms with Crippen LogP contribution in [0.1, 0.15) is 192 Å². The van der Waals surface area contributed by atoms with Crippen LogP contribution in [-0.2, 0) is 23.0 Å². The van der Waals surface area contributed by atoms with Gasteiger partial charge in [-0.2, -0.15) is 8.42 Å². The topological polar surface area (TPSA) is 54.4 Å². The standard InChI is InChI=1S/C40H68O3S/c1-3-5-7-9-11-13-15-17-19-21-23-25-27-30-36-32-29-33-39-37(34-38(35-40(36)39)44(41,42)43)31-28-26-24-22-20-18-16-14-12-10-8-6-4-2/h29,32-35H,3-28,30-31H2,1-2H3,(H,41,42,43). The Kier molecular flexibility index (Phi) is 21.9. The molecule has 0 amide bonds. The number of hydrogen-bond donors (Lipinski definition) is 1. The molecule has 0 unspecified atom stereocenters. The van der Waals surface area contributed by atoms with Gasteiger partial charge in [0.2, 0.25) is 0 Å². The molecule has 0 aromatic heterocycles. The van der Waals surface area contributed by atoms with Gasteiger partial charge in [0.15, 0.2) is 0 Å². The minimum Gasteiger partial charge on any atom is -0.282 e. The SMILES string of the molecule is CCCCCCCCCCCCCCCc1cc(S(=O)(=O)O)cc2c(CCCCCCCCCCCCCCC)cccc12. The highest BCUT2D eigenvalue weighted by Crippen LogP contribution is 2.29. The Bertz CT molecular complexity index is 1090. The van der Waals surface area contributed by atoms with Gasteiger partial charge in [-0.3, -0.25) is 4.55 Å². The zero-order valence-corrected chi connectivity index (χ0v) is 29.7. The summed E-state index contributed by atoms with van der Waals surface area (Å²) >= 11 is 0. The molecule has 0 aliphatic heterocycles. The fourth-order valence-corrected chi connectivity index (χ4v) is 7.30. The molecule has 4 heteroatoms. The lowest BCUT2D eigenvalue weighted by Crippen LogP contribution is -2.01. The van der Waals surface area contributed by atoms with Gasteiger partial charge in [0, 0.05) is 0 Å². The Morgan fingerprint density at radius 3 is 1.20 bits per heavy atom. The average Bonchev–Trinajstić information content (AvgIpc) is 3.01. The van der Waals surface area contributed by atoms with Crippen LogP contribution < -0.4 is 0 Å². The van der Waals surface area contributed by atoms with Crippen molar-refractivity contribution in [3.63, 3.8) is 0 Å². The van der Waals surface area contributed by atoms with E-state index in [1.54, 1.807) is 12.1 Å². The minimum absolute atomic E-state index is 0.0486. The maximum Gasteiger partial charge on any atom is 0.294 e. The summed E-state index contributed by atoms with van der Waals surface area (Å²) in [5, 5.41) is 2.16. The Labute approximate surface area is 273 Å². The number of benzene rings is 2. The summed E-state index contributed by atoms with van der Waals surface area (Å²) in [7, 11) is -4.24. The smallest absolute Gasteiger partial charge is 0.282 e. The van der Waals surface area contributed by atoms with Crippen LogP contribution in [0.4, 0.5) is 0 Å². The number of rotatable bonds is 29. The molecule has 0 saturated heterocycles. The van der Waals surface area contributed by atoms with E-state index in [9.17, 15) is 13.0 Å². The normalized spacial score (nSPS) is 12.0. The van der Waals surface area contributed by atoms with Crippen molar-refractivity contribution in [2.45, 2.75) is 199 Å². The van der Waals surface area contributed by atoms with Crippen molar-refractivity contribution in [1.29, 1.82) is 0 Å². The highest BCUT2D eigenvalue weighted by atomic mass is 32.2. The Balaban J connectivity index is 1.73. The summed E-state index contributed by atoms with van der Waals surface area (Å²) in [6, 6.07) is 9.82. The van der Waals surface area contributed by atoms with Crippen LogP contribution in [0.2, 0.25) is 0 Å². The third-order valence-corrected chi connectivity index (χ3v) is 10.4. The Morgan fingerprint density at radius 1 is 0.455 bits per heavy atom. The number of unbranched alkanes of at least 4 members (excludes halogenated alkanes) is 24. The van der Waals surface area contributed by atoms with Crippen molar-refractivity contribution in [2.24, 2.45) is 0 Å². The lowest BCUT2D eigenvalue weighted by Gasteiger charge is -2.13. The van der Waals surface area contributed by atoms with E-state index in [-0.39, 0.29) is 4.90 Å². The maximum atomic E-state index is 12.2. The quantitative estimate of drug-likeness (QED) is 0.0720. The summed E-state index contributed by atoms with van der Waals surface area (Å²) in [6.07, 6.45) is 36.4. The van der Waals surface area contributed by atoms with Gasteiger partial charge in [-0.1, -0.05) is 186 Å². The molecule has 252 valence electrons. The van der Waals surface area contributed by atoms with Gasteiger partial charge in [-0.05, 0) is 59.7 Å². The van der Waals surface area contributed by atoms with Gasteiger partial charge in [0.1, 0.15) is 0 Å². The van der Waals surface area contributed by atoms with Crippen molar-refractivity contribution in [3.05, 3.63) is 41.5 Å². The molecule has 0 spiro atoms. The zero-order chi connectivity index (χ0) is 31.7. The van der Waals surface area contributed by atoms with Crippen molar-refractivity contribution in [3.8, 4) is 0 Å². The largest absolute Gasteiger partial charge is 0.294 e. The molecule has 0 atom stereocenters. The molecule has 1 N–H and O–H groups in total. The molecule has 44 heavy (non-hydrogen) atoms. The fourth-order valence-electron chi connectivity index (χ4n) is 6.74. The zero-order valence-electron chi connectivity index (χ0n) is 28.9. The molecule has 2 rings (SSSR count). The number of aryl methyl sites for hydroxylation is 2. The van der Waals surface area contributed by atoms with Crippen LogP contribution in [0.5, 0.6) is 0 Å². The van der Waals surface area contributed by atoms with Crippen LogP contribution in [0.3, 0.4) is 0 Å². The first-order chi connectivity index (χ1) is 21.5.